The maximum absolute atomic E-state index is 12.6. The molecular formula is C13H14F6O. The highest BCUT2D eigenvalue weighted by Crippen LogP contribution is 2.47. The Kier molecular flexibility index (Phi) is 4.43. The van der Waals surface area contributed by atoms with E-state index in [1.165, 1.54) is 26.0 Å². The summed E-state index contributed by atoms with van der Waals surface area (Å²) >= 11 is 0. The highest BCUT2D eigenvalue weighted by molar-refractivity contribution is 5.39. The van der Waals surface area contributed by atoms with Crippen LogP contribution in [0.5, 0.6) is 0 Å². The zero-order valence-electron chi connectivity index (χ0n) is 11.0. The van der Waals surface area contributed by atoms with E-state index in [0.29, 0.717) is 5.56 Å². The number of alkyl halides is 6. The van der Waals surface area contributed by atoms with Crippen molar-refractivity contribution in [3.05, 3.63) is 34.4 Å². The molecule has 0 saturated carbocycles. The Bertz CT molecular complexity index is 452. The molecule has 1 unspecified atom stereocenters. The molecule has 0 spiro atoms. The Hall–Kier alpha value is -1.24. The maximum Gasteiger partial charge on any atom is 0.403 e. The number of aliphatic hydroxyl groups is 1. The second kappa shape index (κ2) is 5.27. The fourth-order valence-electron chi connectivity index (χ4n) is 2.37. The van der Waals surface area contributed by atoms with Crippen LogP contribution in [0.1, 0.15) is 28.4 Å². The van der Waals surface area contributed by atoms with Gasteiger partial charge in [0.15, 0.2) is 5.92 Å². The second-order valence-electron chi connectivity index (χ2n) is 4.82. The van der Waals surface area contributed by atoms with Gasteiger partial charge in [0.1, 0.15) is 0 Å². The highest BCUT2D eigenvalue weighted by atomic mass is 19.4. The SMILES string of the molecule is Cc1cc(C)c(C(O)C(C(F)(F)F)C(F)(F)F)c(C)c1. The molecule has 0 amide bonds. The lowest BCUT2D eigenvalue weighted by atomic mass is 9.88. The van der Waals surface area contributed by atoms with E-state index in [0.717, 1.165) is 0 Å². The van der Waals surface area contributed by atoms with Crippen LogP contribution in [0.15, 0.2) is 12.1 Å². The first-order valence-corrected chi connectivity index (χ1v) is 5.75. The molecule has 0 aliphatic heterocycles. The third kappa shape index (κ3) is 3.45. The minimum Gasteiger partial charge on any atom is -0.387 e. The monoisotopic (exact) mass is 300 g/mol. The second-order valence-corrected chi connectivity index (χ2v) is 4.82. The van der Waals surface area contributed by atoms with Crippen LogP contribution >= 0.6 is 0 Å². The van der Waals surface area contributed by atoms with Gasteiger partial charge in [0, 0.05) is 0 Å². The summed E-state index contributed by atoms with van der Waals surface area (Å²) in [6, 6.07) is 2.88. The van der Waals surface area contributed by atoms with E-state index in [4.69, 9.17) is 0 Å². The van der Waals surface area contributed by atoms with Crippen LogP contribution in [0.4, 0.5) is 26.3 Å². The van der Waals surface area contributed by atoms with Crippen molar-refractivity contribution in [2.24, 2.45) is 5.92 Å². The molecular weight excluding hydrogens is 286 g/mol. The molecule has 0 bridgehead atoms. The molecule has 0 aromatic heterocycles. The molecule has 0 radical (unpaired) electrons. The van der Waals surface area contributed by atoms with E-state index >= 15 is 0 Å². The molecule has 0 aliphatic carbocycles. The zero-order chi connectivity index (χ0) is 15.9. The minimum atomic E-state index is -5.57. The molecule has 1 aromatic carbocycles. The maximum atomic E-state index is 12.6. The van der Waals surface area contributed by atoms with Crippen molar-refractivity contribution in [1.29, 1.82) is 0 Å². The first kappa shape index (κ1) is 16.8. The first-order chi connectivity index (χ1) is 8.85. The van der Waals surface area contributed by atoms with Crippen molar-refractivity contribution in [1.82, 2.24) is 0 Å². The van der Waals surface area contributed by atoms with Gasteiger partial charge in [0.05, 0.1) is 6.10 Å². The van der Waals surface area contributed by atoms with Gasteiger partial charge in [0.2, 0.25) is 0 Å². The van der Waals surface area contributed by atoms with Crippen LogP contribution in [0.25, 0.3) is 0 Å². The first-order valence-electron chi connectivity index (χ1n) is 5.75. The predicted octanol–water partition coefficient (Wildman–Crippen LogP) is 4.39. The Balaban J connectivity index is 3.38. The van der Waals surface area contributed by atoms with E-state index in [1.807, 2.05) is 0 Å². The lowest BCUT2D eigenvalue weighted by molar-refractivity contribution is -0.307. The van der Waals surface area contributed by atoms with Crippen LogP contribution < -0.4 is 0 Å². The summed E-state index contributed by atoms with van der Waals surface area (Å²) < 4.78 is 75.7. The molecule has 0 saturated heterocycles. The summed E-state index contributed by atoms with van der Waals surface area (Å²) in [6.07, 6.45) is -13.8. The van der Waals surface area contributed by atoms with Crippen LogP contribution in [-0.4, -0.2) is 17.5 Å². The lowest BCUT2D eigenvalue weighted by Gasteiger charge is -2.29. The number of hydrogen-bond donors (Lipinski definition) is 1. The van der Waals surface area contributed by atoms with Crippen LogP contribution in [-0.2, 0) is 0 Å². The Morgan fingerprint density at radius 2 is 1.20 bits per heavy atom. The molecule has 0 fully saturated rings. The fourth-order valence-corrected chi connectivity index (χ4v) is 2.37. The number of rotatable bonds is 2. The van der Waals surface area contributed by atoms with Gasteiger partial charge in [-0.25, -0.2) is 0 Å². The molecule has 1 N–H and O–H groups in total. The average molecular weight is 300 g/mol. The summed E-state index contributed by atoms with van der Waals surface area (Å²) in [5.74, 6) is -3.80. The molecule has 0 heterocycles. The van der Waals surface area contributed by atoms with E-state index in [1.54, 1.807) is 6.92 Å². The Morgan fingerprint density at radius 3 is 1.50 bits per heavy atom. The van der Waals surface area contributed by atoms with Gasteiger partial charge < -0.3 is 5.11 Å². The quantitative estimate of drug-likeness (QED) is 0.803. The average Bonchev–Trinajstić information content (AvgIpc) is 2.09. The molecule has 0 aliphatic rings. The largest absolute Gasteiger partial charge is 0.403 e. The molecule has 1 rings (SSSR count). The van der Waals surface area contributed by atoms with Crippen molar-refractivity contribution in [3.8, 4) is 0 Å². The smallest absolute Gasteiger partial charge is 0.387 e. The van der Waals surface area contributed by atoms with Crippen molar-refractivity contribution in [2.75, 3.05) is 0 Å². The van der Waals surface area contributed by atoms with Gasteiger partial charge >= 0.3 is 12.4 Å². The fraction of sp³-hybridized carbons (Fsp3) is 0.538. The number of aliphatic hydroxyl groups excluding tert-OH is 1. The van der Waals surface area contributed by atoms with E-state index in [9.17, 15) is 31.4 Å². The number of benzene rings is 1. The molecule has 20 heavy (non-hydrogen) atoms. The topological polar surface area (TPSA) is 20.2 Å². The van der Waals surface area contributed by atoms with E-state index in [2.05, 4.69) is 0 Å². The summed E-state index contributed by atoms with van der Waals surface area (Å²) in [7, 11) is 0. The summed E-state index contributed by atoms with van der Waals surface area (Å²) in [6.45, 7) is 4.42. The van der Waals surface area contributed by atoms with Crippen molar-refractivity contribution >= 4 is 0 Å². The lowest BCUT2D eigenvalue weighted by Crippen LogP contribution is -2.41. The third-order valence-corrected chi connectivity index (χ3v) is 3.05. The van der Waals surface area contributed by atoms with Gasteiger partial charge in [-0.05, 0) is 37.5 Å². The molecule has 1 nitrogen and oxygen atoms in total. The number of hydrogen-bond acceptors (Lipinski definition) is 1. The molecule has 7 heteroatoms. The summed E-state index contributed by atoms with van der Waals surface area (Å²) in [5, 5.41) is 9.66. The number of halogens is 6. The third-order valence-electron chi connectivity index (χ3n) is 3.05. The van der Waals surface area contributed by atoms with Gasteiger partial charge in [0.25, 0.3) is 0 Å². The summed E-state index contributed by atoms with van der Waals surface area (Å²) in [4.78, 5) is 0. The predicted molar refractivity (Wildman–Crippen MR) is 61.2 cm³/mol. The summed E-state index contributed by atoms with van der Waals surface area (Å²) in [5.41, 5.74) is 0.781. The number of aryl methyl sites for hydroxylation is 3. The standard InChI is InChI=1S/C13H14F6O/c1-6-4-7(2)9(8(3)5-6)10(20)11(12(14,15)16)13(17,18)19/h4-5,10-11,20H,1-3H3. The van der Waals surface area contributed by atoms with Gasteiger partial charge in [-0.2, -0.15) is 26.3 Å². The van der Waals surface area contributed by atoms with E-state index < -0.39 is 24.4 Å². The Morgan fingerprint density at radius 1 is 0.850 bits per heavy atom. The van der Waals surface area contributed by atoms with E-state index in [-0.39, 0.29) is 16.7 Å². The minimum absolute atomic E-state index is 0.202. The van der Waals surface area contributed by atoms with Crippen LogP contribution in [0.2, 0.25) is 0 Å². The van der Waals surface area contributed by atoms with Gasteiger partial charge in [-0.15, -0.1) is 0 Å². The van der Waals surface area contributed by atoms with Crippen LogP contribution in [0, 0.1) is 26.7 Å². The molecule has 1 atom stereocenters. The van der Waals surface area contributed by atoms with Crippen LogP contribution in [0.3, 0.4) is 0 Å². The van der Waals surface area contributed by atoms with Crippen molar-refractivity contribution in [3.63, 3.8) is 0 Å². The van der Waals surface area contributed by atoms with Crippen molar-refractivity contribution in [2.45, 2.75) is 39.2 Å². The highest BCUT2D eigenvalue weighted by Gasteiger charge is 2.60. The molecule has 1 aromatic rings. The van der Waals surface area contributed by atoms with Crippen molar-refractivity contribution < 1.29 is 31.4 Å². The molecule has 114 valence electrons. The normalized spacial score (nSPS) is 14.8. The van der Waals surface area contributed by atoms with Gasteiger partial charge in [-0.1, -0.05) is 17.7 Å². The van der Waals surface area contributed by atoms with Gasteiger partial charge in [-0.3, -0.25) is 0 Å². The zero-order valence-corrected chi connectivity index (χ0v) is 11.0. The Labute approximate surface area is 112 Å².